The van der Waals surface area contributed by atoms with Gasteiger partial charge in [-0.05, 0) is 18.7 Å². The Hall–Kier alpha value is -1.93. The monoisotopic (exact) mass is 250 g/mol. The Bertz CT molecular complexity index is 584. The van der Waals surface area contributed by atoms with E-state index in [1.165, 1.54) is 30.4 Å². The molecular weight excluding hydrogens is 240 g/mol. The molecule has 0 aliphatic carbocycles. The van der Waals surface area contributed by atoms with E-state index in [1.54, 1.807) is 0 Å². The first-order chi connectivity index (χ1) is 8.20. The van der Waals surface area contributed by atoms with Crippen molar-refractivity contribution in [2.24, 2.45) is 5.84 Å². The third-order valence-corrected chi connectivity index (χ3v) is 3.02. The minimum absolute atomic E-state index is 0.202. The maximum atomic E-state index is 11.1. The fourth-order valence-corrected chi connectivity index (χ4v) is 1.98. The highest BCUT2D eigenvalue weighted by atomic mass is 32.2. The van der Waals surface area contributed by atoms with Gasteiger partial charge in [-0.25, -0.2) is 20.8 Å². The molecule has 0 saturated heterocycles. The minimum Gasteiger partial charge on any atom is -0.308 e. The summed E-state index contributed by atoms with van der Waals surface area (Å²) in [5.41, 5.74) is 3.07. The van der Waals surface area contributed by atoms with Gasteiger partial charge in [-0.1, -0.05) is 0 Å². The summed E-state index contributed by atoms with van der Waals surface area (Å²) in [7, 11) is 0. The smallest absolute Gasteiger partial charge is 0.251 e. The van der Waals surface area contributed by atoms with Crippen molar-refractivity contribution in [3.05, 3.63) is 34.5 Å². The molecule has 0 aromatic carbocycles. The minimum atomic E-state index is -0.202. The summed E-state index contributed by atoms with van der Waals surface area (Å²) >= 11 is 1.24. The zero-order valence-corrected chi connectivity index (χ0v) is 9.78. The van der Waals surface area contributed by atoms with E-state index in [2.05, 4.69) is 25.4 Å². The van der Waals surface area contributed by atoms with Crippen molar-refractivity contribution in [3.63, 3.8) is 0 Å². The fourth-order valence-electron chi connectivity index (χ4n) is 1.18. The third kappa shape index (κ3) is 2.60. The molecular formula is C9H10N6OS. The Balaban J connectivity index is 2.33. The normalized spacial score (nSPS) is 10.2. The zero-order chi connectivity index (χ0) is 12.3. The summed E-state index contributed by atoms with van der Waals surface area (Å²) in [5, 5.41) is 1.16. The second kappa shape index (κ2) is 4.93. The highest BCUT2D eigenvalue weighted by Crippen LogP contribution is 2.26. The van der Waals surface area contributed by atoms with E-state index in [9.17, 15) is 4.79 Å². The lowest BCUT2D eigenvalue weighted by Gasteiger charge is -2.06. The Labute approximate surface area is 101 Å². The van der Waals surface area contributed by atoms with Crippen LogP contribution in [0.15, 0.2) is 33.6 Å². The number of hydrogen-bond acceptors (Lipinski definition) is 7. The van der Waals surface area contributed by atoms with E-state index in [4.69, 9.17) is 5.84 Å². The molecule has 0 unspecified atom stereocenters. The molecule has 0 radical (unpaired) electrons. The summed E-state index contributed by atoms with van der Waals surface area (Å²) in [5.74, 6) is 5.86. The summed E-state index contributed by atoms with van der Waals surface area (Å²) in [4.78, 5) is 25.8. The van der Waals surface area contributed by atoms with Gasteiger partial charge in [0.2, 0.25) is 0 Å². The molecule has 2 aromatic heterocycles. The van der Waals surface area contributed by atoms with Crippen molar-refractivity contribution in [2.45, 2.75) is 17.1 Å². The largest absolute Gasteiger partial charge is 0.308 e. The fraction of sp³-hybridized carbons (Fsp3) is 0.111. The van der Waals surface area contributed by atoms with Gasteiger partial charge in [0, 0.05) is 17.8 Å². The topological polar surface area (TPSA) is 110 Å². The molecule has 0 fully saturated rings. The number of hydrogen-bond donors (Lipinski definition) is 3. The molecule has 0 spiro atoms. The van der Waals surface area contributed by atoms with Crippen LogP contribution >= 0.6 is 11.8 Å². The number of nitrogen functional groups attached to an aromatic ring is 1. The van der Waals surface area contributed by atoms with Crippen LogP contribution in [0.3, 0.4) is 0 Å². The van der Waals surface area contributed by atoms with Crippen molar-refractivity contribution in [1.29, 1.82) is 0 Å². The number of H-pyrrole nitrogens is 1. The first-order valence-electron chi connectivity index (χ1n) is 4.72. The van der Waals surface area contributed by atoms with Crippen molar-refractivity contribution in [3.8, 4) is 0 Å². The first-order valence-corrected chi connectivity index (χ1v) is 5.53. The molecule has 2 aromatic rings. The van der Waals surface area contributed by atoms with Crippen LogP contribution in [-0.4, -0.2) is 19.9 Å². The standard InChI is InChI=1S/C9H10N6OS/c1-5-7(15-10)12-4-13-8(5)17-9-11-3-2-6(16)14-9/h2-4H,10H2,1H3,(H,11,14,16)(H,12,13,15). The van der Waals surface area contributed by atoms with E-state index in [0.29, 0.717) is 16.0 Å². The number of hydrazine groups is 1. The Morgan fingerprint density at radius 1 is 1.41 bits per heavy atom. The average Bonchev–Trinajstić information content (AvgIpc) is 2.32. The highest BCUT2D eigenvalue weighted by molar-refractivity contribution is 7.99. The number of rotatable bonds is 3. The summed E-state index contributed by atoms with van der Waals surface area (Å²) in [6.45, 7) is 1.83. The van der Waals surface area contributed by atoms with Gasteiger partial charge in [0.1, 0.15) is 17.2 Å². The molecule has 0 bridgehead atoms. The van der Waals surface area contributed by atoms with Crippen LogP contribution < -0.4 is 16.8 Å². The molecule has 7 nitrogen and oxygen atoms in total. The quantitative estimate of drug-likeness (QED) is 0.311. The molecule has 0 aliphatic heterocycles. The van der Waals surface area contributed by atoms with E-state index < -0.39 is 0 Å². The molecule has 0 saturated carbocycles. The summed E-state index contributed by atoms with van der Waals surface area (Å²) < 4.78 is 0. The lowest BCUT2D eigenvalue weighted by atomic mass is 10.3. The Morgan fingerprint density at radius 3 is 2.94 bits per heavy atom. The van der Waals surface area contributed by atoms with Crippen molar-refractivity contribution in [2.75, 3.05) is 5.43 Å². The van der Waals surface area contributed by atoms with Crippen LogP contribution in [0.1, 0.15) is 5.56 Å². The second-order valence-electron chi connectivity index (χ2n) is 3.14. The first kappa shape index (κ1) is 11.6. The molecule has 2 rings (SSSR count). The van der Waals surface area contributed by atoms with Crippen LogP contribution in [0.4, 0.5) is 5.82 Å². The van der Waals surface area contributed by atoms with Gasteiger partial charge in [0.15, 0.2) is 5.16 Å². The number of aromatic amines is 1. The Morgan fingerprint density at radius 2 is 2.24 bits per heavy atom. The predicted molar refractivity (Wildman–Crippen MR) is 63.6 cm³/mol. The maximum absolute atomic E-state index is 11.1. The van der Waals surface area contributed by atoms with Gasteiger partial charge in [-0.2, -0.15) is 0 Å². The van der Waals surface area contributed by atoms with Crippen molar-refractivity contribution >= 4 is 17.6 Å². The van der Waals surface area contributed by atoms with Crippen LogP contribution in [0.5, 0.6) is 0 Å². The van der Waals surface area contributed by atoms with E-state index in [1.807, 2.05) is 6.92 Å². The number of nitrogens with zero attached hydrogens (tertiary/aromatic N) is 3. The number of nitrogens with one attached hydrogen (secondary N) is 2. The summed E-state index contributed by atoms with van der Waals surface area (Å²) in [6, 6.07) is 1.35. The lowest BCUT2D eigenvalue weighted by Crippen LogP contribution is -2.11. The van der Waals surface area contributed by atoms with Gasteiger partial charge in [0.25, 0.3) is 5.56 Å². The van der Waals surface area contributed by atoms with Gasteiger partial charge in [0.05, 0.1) is 0 Å². The third-order valence-electron chi connectivity index (χ3n) is 2.02. The van der Waals surface area contributed by atoms with Crippen LogP contribution in [0.25, 0.3) is 0 Å². The SMILES string of the molecule is Cc1c(NN)ncnc1Sc1nccc(=O)[nH]1. The number of nitrogens with two attached hydrogens (primary N) is 1. The Kier molecular flexibility index (Phi) is 3.35. The zero-order valence-electron chi connectivity index (χ0n) is 8.97. The van der Waals surface area contributed by atoms with Gasteiger partial charge >= 0.3 is 0 Å². The summed E-state index contributed by atoms with van der Waals surface area (Å²) in [6.07, 6.45) is 2.84. The average molecular weight is 250 g/mol. The second-order valence-corrected chi connectivity index (χ2v) is 4.12. The molecule has 17 heavy (non-hydrogen) atoms. The van der Waals surface area contributed by atoms with Gasteiger partial charge < -0.3 is 10.4 Å². The molecule has 88 valence electrons. The van der Waals surface area contributed by atoms with Gasteiger partial charge in [-0.15, -0.1) is 0 Å². The van der Waals surface area contributed by atoms with Crippen LogP contribution in [0, 0.1) is 6.92 Å². The van der Waals surface area contributed by atoms with E-state index in [0.717, 1.165) is 5.56 Å². The van der Waals surface area contributed by atoms with Crippen LogP contribution in [-0.2, 0) is 0 Å². The molecule has 8 heteroatoms. The highest BCUT2D eigenvalue weighted by Gasteiger charge is 2.08. The lowest BCUT2D eigenvalue weighted by molar-refractivity contribution is 0.923. The molecule has 4 N–H and O–H groups in total. The van der Waals surface area contributed by atoms with Crippen molar-refractivity contribution < 1.29 is 0 Å². The number of aromatic nitrogens is 4. The van der Waals surface area contributed by atoms with E-state index in [-0.39, 0.29) is 5.56 Å². The predicted octanol–water partition coefficient (Wildman–Crippen LogP) is 0.305. The van der Waals surface area contributed by atoms with Gasteiger partial charge in [-0.3, -0.25) is 4.79 Å². The molecule has 0 amide bonds. The van der Waals surface area contributed by atoms with Crippen molar-refractivity contribution in [1.82, 2.24) is 19.9 Å². The molecule has 2 heterocycles. The van der Waals surface area contributed by atoms with E-state index >= 15 is 0 Å². The van der Waals surface area contributed by atoms with Crippen LogP contribution in [0.2, 0.25) is 0 Å². The molecule has 0 atom stereocenters. The molecule has 0 aliphatic rings. The maximum Gasteiger partial charge on any atom is 0.251 e. The number of anilines is 1.